The largest absolute Gasteiger partial charge is 0.431 e. The molecule has 2 heterocycles. The Kier molecular flexibility index (Phi) is 6.20. The molecule has 0 aromatic carbocycles. The van der Waals surface area contributed by atoms with E-state index in [2.05, 4.69) is 31.1 Å². The maximum absolute atomic E-state index is 14.7. The molecule has 2 N–H and O–H groups in total. The van der Waals surface area contributed by atoms with Crippen molar-refractivity contribution in [2.24, 2.45) is 28.6 Å². The molecule has 0 radical (unpaired) electrons. The van der Waals surface area contributed by atoms with Crippen LogP contribution in [0.1, 0.15) is 89.5 Å². The third-order valence-electron chi connectivity index (χ3n) is 12.4. The molecule has 6 rings (SSSR count). The van der Waals surface area contributed by atoms with Crippen LogP contribution < -0.4 is 10.9 Å². The molecule has 4 saturated carbocycles. The molecule has 4 aliphatic carbocycles. The molecule has 36 heavy (non-hydrogen) atoms. The molecule has 6 heteroatoms. The number of hydrogen-bond acceptors (Lipinski definition) is 5. The van der Waals surface area contributed by atoms with Gasteiger partial charge in [-0.1, -0.05) is 13.8 Å². The van der Waals surface area contributed by atoms with Crippen molar-refractivity contribution in [2.45, 2.75) is 108 Å². The van der Waals surface area contributed by atoms with Crippen LogP contribution in [0.25, 0.3) is 0 Å². The van der Waals surface area contributed by atoms with Gasteiger partial charge in [-0.15, -0.1) is 0 Å². The van der Waals surface area contributed by atoms with Gasteiger partial charge in [-0.3, -0.25) is 4.90 Å². The Balaban J connectivity index is 1.21. The van der Waals surface area contributed by atoms with Gasteiger partial charge in [0.25, 0.3) is 0 Å². The minimum absolute atomic E-state index is 0.0471. The molecule has 5 nitrogen and oxygen atoms in total. The molecular weight excluding hydrogens is 455 g/mol. The van der Waals surface area contributed by atoms with E-state index >= 15 is 0 Å². The quantitative estimate of drug-likeness (QED) is 0.619. The number of halogens is 1. The van der Waals surface area contributed by atoms with Crippen molar-refractivity contribution in [3.63, 3.8) is 0 Å². The maximum Gasteiger partial charge on any atom is 0.335 e. The lowest BCUT2D eigenvalue weighted by Crippen LogP contribution is -2.63. The Bertz CT molecular complexity index is 1010. The first kappa shape index (κ1) is 25.1. The van der Waals surface area contributed by atoms with E-state index in [1.165, 1.54) is 31.7 Å². The van der Waals surface area contributed by atoms with Crippen molar-refractivity contribution in [1.29, 1.82) is 0 Å². The van der Waals surface area contributed by atoms with Crippen LogP contribution >= 0.6 is 0 Å². The first-order chi connectivity index (χ1) is 17.2. The highest BCUT2D eigenvalue weighted by Crippen LogP contribution is 2.70. The van der Waals surface area contributed by atoms with E-state index in [-0.39, 0.29) is 28.4 Å². The minimum Gasteiger partial charge on any atom is -0.431 e. The average molecular weight is 501 g/mol. The summed E-state index contributed by atoms with van der Waals surface area (Å²) in [5, 5.41) is 15.6. The van der Waals surface area contributed by atoms with Crippen LogP contribution in [0.3, 0.4) is 0 Å². The Morgan fingerprint density at radius 2 is 1.89 bits per heavy atom. The Labute approximate surface area is 215 Å². The lowest BCUT2D eigenvalue weighted by Gasteiger charge is -2.64. The summed E-state index contributed by atoms with van der Waals surface area (Å²) in [4.78, 5) is 13.9. The second kappa shape index (κ2) is 8.91. The van der Waals surface area contributed by atoms with Gasteiger partial charge in [-0.25, -0.2) is 9.18 Å². The van der Waals surface area contributed by atoms with Crippen LogP contribution in [0, 0.1) is 28.6 Å². The predicted molar refractivity (Wildman–Crippen MR) is 139 cm³/mol. The van der Waals surface area contributed by atoms with E-state index < -0.39 is 11.8 Å². The van der Waals surface area contributed by atoms with Gasteiger partial charge >= 0.3 is 5.63 Å². The summed E-state index contributed by atoms with van der Waals surface area (Å²) < 4.78 is 19.9. The highest BCUT2D eigenvalue weighted by atomic mass is 19.1. The van der Waals surface area contributed by atoms with E-state index in [0.717, 1.165) is 50.6 Å². The number of alkyl halides is 1. The molecule has 0 amide bonds. The zero-order valence-corrected chi connectivity index (χ0v) is 22.3. The summed E-state index contributed by atoms with van der Waals surface area (Å²) >= 11 is 0. The van der Waals surface area contributed by atoms with Gasteiger partial charge in [0.2, 0.25) is 0 Å². The minimum atomic E-state index is -0.772. The molecule has 10 atom stereocenters. The first-order valence-corrected chi connectivity index (χ1v) is 14.6. The van der Waals surface area contributed by atoms with Crippen molar-refractivity contribution < 1.29 is 13.9 Å². The molecule has 1 aromatic heterocycles. The molecule has 1 aromatic rings. The second-order valence-electron chi connectivity index (χ2n) is 13.5. The molecule has 0 spiro atoms. The number of piperidine rings is 1. The van der Waals surface area contributed by atoms with E-state index in [4.69, 9.17) is 4.42 Å². The Hall–Kier alpha value is -1.24. The van der Waals surface area contributed by atoms with Gasteiger partial charge in [-0.2, -0.15) is 0 Å². The molecule has 200 valence electrons. The highest BCUT2D eigenvalue weighted by molar-refractivity contribution is 5.27. The monoisotopic (exact) mass is 500 g/mol. The molecular formula is C30H45FN2O3. The fraction of sp³-hybridized carbons (Fsp3) is 0.833. The van der Waals surface area contributed by atoms with Gasteiger partial charge in [0.05, 0.1) is 11.9 Å². The van der Waals surface area contributed by atoms with Gasteiger partial charge in [0.15, 0.2) is 0 Å². The van der Waals surface area contributed by atoms with Crippen molar-refractivity contribution >= 4 is 0 Å². The van der Waals surface area contributed by atoms with Crippen LogP contribution in [-0.2, 0) is 0 Å². The van der Waals surface area contributed by atoms with Crippen molar-refractivity contribution in [3.8, 4) is 0 Å². The van der Waals surface area contributed by atoms with Gasteiger partial charge in [0, 0.05) is 30.1 Å². The van der Waals surface area contributed by atoms with Crippen LogP contribution in [0.2, 0.25) is 0 Å². The van der Waals surface area contributed by atoms with Crippen molar-refractivity contribution in [1.82, 2.24) is 10.2 Å². The first-order valence-electron chi connectivity index (χ1n) is 14.6. The average Bonchev–Trinajstić information content (AvgIpc) is 3.15. The topological polar surface area (TPSA) is 65.7 Å². The zero-order chi connectivity index (χ0) is 25.3. The van der Waals surface area contributed by atoms with Crippen LogP contribution in [-0.4, -0.2) is 54.0 Å². The van der Waals surface area contributed by atoms with Crippen molar-refractivity contribution in [3.05, 3.63) is 34.4 Å². The highest BCUT2D eigenvalue weighted by Gasteiger charge is 2.67. The summed E-state index contributed by atoms with van der Waals surface area (Å²) in [5.74, 6) is 1.79. The summed E-state index contributed by atoms with van der Waals surface area (Å²) in [7, 11) is 2.17. The number of hydrogen-bond donors (Lipinski definition) is 2. The summed E-state index contributed by atoms with van der Waals surface area (Å²) in [6, 6.07) is 3.96. The van der Waals surface area contributed by atoms with Crippen LogP contribution in [0.5, 0.6) is 0 Å². The van der Waals surface area contributed by atoms with E-state index in [1.807, 2.05) is 6.07 Å². The third kappa shape index (κ3) is 3.60. The second-order valence-corrected chi connectivity index (χ2v) is 13.5. The summed E-state index contributed by atoms with van der Waals surface area (Å²) in [6.45, 7) is 6.23. The van der Waals surface area contributed by atoms with Crippen molar-refractivity contribution in [2.75, 3.05) is 20.1 Å². The van der Waals surface area contributed by atoms with Crippen LogP contribution in [0.4, 0.5) is 4.39 Å². The fourth-order valence-corrected chi connectivity index (χ4v) is 10.2. The lowest BCUT2D eigenvalue weighted by atomic mass is 9.43. The van der Waals surface area contributed by atoms with E-state index in [1.54, 1.807) is 6.26 Å². The SMILES string of the molecule is CN(C1CCNC[C@H]1F)[C@H]1CC[C@@]2(C)[C@H](CC[C@@H]3[C@@H]2CC[C@]2(C)[C@@H](c4ccc(=O)oc4)CC[C@]32O)C1. The number of rotatable bonds is 3. The molecule has 0 bridgehead atoms. The van der Waals surface area contributed by atoms with Gasteiger partial charge < -0.3 is 14.8 Å². The number of nitrogens with one attached hydrogen (secondary N) is 1. The Morgan fingerprint density at radius 3 is 2.64 bits per heavy atom. The van der Waals surface area contributed by atoms with Gasteiger partial charge in [0.1, 0.15) is 6.17 Å². The summed E-state index contributed by atoms with van der Waals surface area (Å²) in [6.07, 6.45) is 11.5. The Morgan fingerprint density at radius 1 is 1.06 bits per heavy atom. The maximum atomic E-state index is 14.7. The molecule has 1 saturated heterocycles. The van der Waals surface area contributed by atoms with Gasteiger partial charge in [-0.05, 0) is 119 Å². The number of nitrogens with zero attached hydrogens (tertiary/aromatic N) is 1. The molecule has 5 aliphatic rings. The molecule has 1 aliphatic heterocycles. The summed E-state index contributed by atoms with van der Waals surface area (Å²) in [5.41, 5.74) is 0.182. The standard InChI is InChI=1S/C30H45FN2O3/c1-28-12-8-21(33(3)26-11-15-32-17-25(26)31)16-20(28)5-6-24-23(28)9-13-29(2)22(10-14-30(24,29)35)19-4-7-27(34)36-18-19/h4,7,18,20-26,32,35H,5-6,8-17H2,1-3H3/t20-,21+,22-,23+,24-,25-,26?,28+,29-,30+/m1/s1. The normalized spacial score (nSPS) is 48.8. The lowest BCUT2D eigenvalue weighted by molar-refractivity contribution is -0.204. The third-order valence-corrected chi connectivity index (χ3v) is 12.4. The molecule has 5 fully saturated rings. The number of aliphatic hydroxyl groups is 1. The van der Waals surface area contributed by atoms with E-state index in [9.17, 15) is 14.3 Å². The smallest absolute Gasteiger partial charge is 0.335 e. The van der Waals surface area contributed by atoms with Crippen LogP contribution in [0.15, 0.2) is 27.6 Å². The molecule has 1 unspecified atom stereocenters. The number of fused-ring (bicyclic) bond motifs is 5. The zero-order valence-electron chi connectivity index (χ0n) is 22.3. The fourth-order valence-electron chi connectivity index (χ4n) is 10.2. The van der Waals surface area contributed by atoms with E-state index in [0.29, 0.717) is 30.3 Å². The predicted octanol–water partition coefficient (Wildman–Crippen LogP) is 4.88.